The number of aromatic nitrogens is 1. The van der Waals surface area contributed by atoms with Crippen molar-refractivity contribution in [2.45, 2.75) is 24.9 Å². The first-order valence-electron chi connectivity index (χ1n) is 9.37. The zero-order valence-corrected chi connectivity index (χ0v) is 17.5. The number of hydrogen-bond donors (Lipinski definition) is 1. The molecule has 1 aromatic heterocycles. The highest BCUT2D eigenvalue weighted by molar-refractivity contribution is 8.02. The summed E-state index contributed by atoms with van der Waals surface area (Å²) in [4.78, 5) is 4.48. The largest absolute Gasteiger partial charge is 0.269 e. The minimum Gasteiger partial charge on any atom is -0.269 e. The van der Waals surface area contributed by atoms with Gasteiger partial charge in [-0.1, -0.05) is 32.1 Å². The van der Waals surface area contributed by atoms with E-state index in [0.29, 0.717) is 0 Å². The lowest BCUT2D eigenvalue weighted by Crippen LogP contribution is -2.32. The average Bonchev–Trinajstić information content (AvgIpc) is 3.10. The summed E-state index contributed by atoms with van der Waals surface area (Å²) in [7, 11) is 0. The van der Waals surface area contributed by atoms with Gasteiger partial charge in [0, 0.05) is 11.8 Å². The SMILES string of the molecule is CCSC1=CC=CC2=C(c3ccnc(SCC)c3)C(c3ccc(F)cc3)NN12. The number of allylic oxidation sites excluding steroid dienone is 3. The van der Waals surface area contributed by atoms with Crippen molar-refractivity contribution < 1.29 is 4.39 Å². The molecule has 2 aromatic rings. The number of fused-ring (bicyclic) bond motifs is 1. The molecule has 0 fully saturated rings. The van der Waals surface area contributed by atoms with Crippen molar-refractivity contribution in [3.63, 3.8) is 0 Å². The molecule has 0 saturated carbocycles. The average molecular weight is 412 g/mol. The van der Waals surface area contributed by atoms with Crippen LogP contribution in [0, 0.1) is 5.82 Å². The van der Waals surface area contributed by atoms with Crippen molar-refractivity contribution in [1.29, 1.82) is 0 Å². The van der Waals surface area contributed by atoms with Crippen LogP contribution in [0.15, 0.2) is 76.6 Å². The molecule has 1 aromatic carbocycles. The molecule has 144 valence electrons. The number of nitrogens with zero attached hydrogens (tertiary/aromatic N) is 2. The Morgan fingerprint density at radius 3 is 2.64 bits per heavy atom. The second-order valence-electron chi connectivity index (χ2n) is 6.36. The van der Waals surface area contributed by atoms with E-state index in [1.807, 2.05) is 18.3 Å². The quantitative estimate of drug-likeness (QED) is 0.609. The molecular weight excluding hydrogens is 389 g/mol. The summed E-state index contributed by atoms with van der Waals surface area (Å²) in [5.41, 5.74) is 8.12. The Balaban J connectivity index is 1.82. The topological polar surface area (TPSA) is 28.2 Å². The Kier molecular flexibility index (Phi) is 5.90. The lowest BCUT2D eigenvalue weighted by atomic mass is 9.93. The van der Waals surface area contributed by atoms with Crippen molar-refractivity contribution in [3.8, 4) is 0 Å². The van der Waals surface area contributed by atoms with Crippen LogP contribution in [0.1, 0.15) is 31.0 Å². The molecule has 6 heteroatoms. The molecule has 0 radical (unpaired) electrons. The first-order chi connectivity index (χ1) is 13.7. The number of benzene rings is 1. The third-order valence-corrected chi connectivity index (χ3v) is 6.32. The van der Waals surface area contributed by atoms with Crippen LogP contribution >= 0.6 is 23.5 Å². The molecule has 2 aliphatic rings. The molecule has 2 aliphatic heterocycles. The van der Waals surface area contributed by atoms with Gasteiger partial charge in [0.2, 0.25) is 0 Å². The monoisotopic (exact) mass is 411 g/mol. The van der Waals surface area contributed by atoms with Crippen molar-refractivity contribution in [2.24, 2.45) is 0 Å². The van der Waals surface area contributed by atoms with E-state index in [0.717, 1.165) is 33.4 Å². The highest BCUT2D eigenvalue weighted by Crippen LogP contribution is 2.44. The second kappa shape index (κ2) is 8.55. The van der Waals surface area contributed by atoms with E-state index in [9.17, 15) is 4.39 Å². The summed E-state index contributed by atoms with van der Waals surface area (Å²) >= 11 is 3.53. The number of hydrazine groups is 1. The van der Waals surface area contributed by atoms with Gasteiger partial charge in [-0.15, -0.1) is 23.5 Å². The Bertz CT molecular complexity index is 951. The van der Waals surface area contributed by atoms with Crippen molar-refractivity contribution in [3.05, 3.63) is 88.5 Å². The Morgan fingerprint density at radius 1 is 1.11 bits per heavy atom. The molecule has 0 aliphatic carbocycles. The van der Waals surface area contributed by atoms with Crippen LogP contribution in [-0.4, -0.2) is 21.5 Å². The van der Waals surface area contributed by atoms with Crippen molar-refractivity contribution >= 4 is 29.1 Å². The molecule has 28 heavy (non-hydrogen) atoms. The zero-order valence-electron chi connectivity index (χ0n) is 15.9. The van der Waals surface area contributed by atoms with E-state index in [-0.39, 0.29) is 11.9 Å². The molecule has 1 N–H and O–H groups in total. The summed E-state index contributed by atoms with van der Waals surface area (Å²) < 4.78 is 13.5. The first kappa shape index (κ1) is 19.3. The van der Waals surface area contributed by atoms with Crippen LogP contribution < -0.4 is 5.43 Å². The fraction of sp³-hybridized carbons (Fsp3) is 0.227. The molecule has 3 heterocycles. The van der Waals surface area contributed by atoms with Crippen LogP contribution in [0.25, 0.3) is 5.57 Å². The van der Waals surface area contributed by atoms with E-state index in [1.54, 1.807) is 23.5 Å². The van der Waals surface area contributed by atoms with Gasteiger partial charge in [-0.3, -0.25) is 5.01 Å². The molecule has 1 unspecified atom stereocenters. The third-order valence-electron chi connectivity index (χ3n) is 4.61. The van der Waals surface area contributed by atoms with E-state index in [2.05, 4.69) is 59.6 Å². The Labute approximate surface area is 173 Å². The van der Waals surface area contributed by atoms with Crippen molar-refractivity contribution in [1.82, 2.24) is 15.4 Å². The summed E-state index contributed by atoms with van der Waals surface area (Å²) in [6.07, 6.45) is 8.23. The van der Waals surface area contributed by atoms with Gasteiger partial charge in [0.05, 0.1) is 21.8 Å². The molecule has 0 bridgehead atoms. The standard InChI is InChI=1S/C22H22FN3S2/c1-3-27-19-14-16(12-13-24-19)21-18-6-5-7-20(28-4-2)26(18)25-22(21)15-8-10-17(23)11-9-15/h5-14,22,25H,3-4H2,1-2H3. The normalized spacial score (nSPS) is 18.5. The maximum atomic E-state index is 13.5. The van der Waals surface area contributed by atoms with E-state index in [1.165, 1.54) is 22.7 Å². The lowest BCUT2D eigenvalue weighted by molar-refractivity contribution is 0.346. The molecule has 4 rings (SSSR count). The van der Waals surface area contributed by atoms with Gasteiger partial charge in [0.25, 0.3) is 0 Å². The maximum Gasteiger partial charge on any atom is 0.123 e. The second-order valence-corrected chi connectivity index (χ2v) is 8.93. The Hall–Kier alpha value is -2.02. The van der Waals surface area contributed by atoms with Gasteiger partial charge in [-0.05, 0) is 59.1 Å². The highest BCUT2D eigenvalue weighted by Gasteiger charge is 2.34. The smallest absolute Gasteiger partial charge is 0.123 e. The molecule has 0 amide bonds. The van der Waals surface area contributed by atoms with Crippen LogP contribution in [0.5, 0.6) is 0 Å². The van der Waals surface area contributed by atoms with E-state index >= 15 is 0 Å². The molecule has 3 nitrogen and oxygen atoms in total. The summed E-state index contributed by atoms with van der Waals surface area (Å²) in [6.45, 7) is 4.28. The third kappa shape index (κ3) is 3.77. The van der Waals surface area contributed by atoms with Crippen LogP contribution in [0.4, 0.5) is 4.39 Å². The summed E-state index contributed by atoms with van der Waals surface area (Å²) in [5.74, 6) is 1.75. The first-order valence-corrected chi connectivity index (χ1v) is 11.3. The predicted octanol–water partition coefficient (Wildman–Crippen LogP) is 5.77. The van der Waals surface area contributed by atoms with Crippen LogP contribution in [0.2, 0.25) is 0 Å². The number of rotatable bonds is 6. The predicted molar refractivity (Wildman–Crippen MR) is 117 cm³/mol. The van der Waals surface area contributed by atoms with Crippen LogP contribution in [0.3, 0.4) is 0 Å². The number of thioether (sulfide) groups is 2. The van der Waals surface area contributed by atoms with Crippen LogP contribution in [-0.2, 0) is 0 Å². The van der Waals surface area contributed by atoms with E-state index in [4.69, 9.17) is 0 Å². The van der Waals surface area contributed by atoms with Gasteiger partial charge >= 0.3 is 0 Å². The lowest BCUT2D eigenvalue weighted by Gasteiger charge is -2.26. The fourth-order valence-electron chi connectivity index (χ4n) is 3.45. The highest BCUT2D eigenvalue weighted by atomic mass is 32.2. The fourth-order valence-corrected chi connectivity index (χ4v) is 4.84. The number of halogens is 1. The van der Waals surface area contributed by atoms with Gasteiger partial charge in [0.1, 0.15) is 5.82 Å². The van der Waals surface area contributed by atoms with Gasteiger partial charge in [-0.2, -0.15) is 0 Å². The molecular formula is C22H22FN3S2. The number of nitrogens with one attached hydrogen (secondary N) is 1. The van der Waals surface area contributed by atoms with Gasteiger partial charge < -0.3 is 0 Å². The molecule has 0 saturated heterocycles. The summed E-state index contributed by atoms with van der Waals surface area (Å²) in [6, 6.07) is 10.9. The number of hydrogen-bond acceptors (Lipinski definition) is 5. The maximum absolute atomic E-state index is 13.5. The molecule has 1 atom stereocenters. The van der Waals surface area contributed by atoms with Crippen molar-refractivity contribution in [2.75, 3.05) is 11.5 Å². The Morgan fingerprint density at radius 2 is 1.89 bits per heavy atom. The van der Waals surface area contributed by atoms with E-state index < -0.39 is 0 Å². The van der Waals surface area contributed by atoms with Gasteiger partial charge in [0.15, 0.2) is 0 Å². The number of pyridine rings is 1. The minimum atomic E-state index is -0.221. The molecule has 0 spiro atoms. The van der Waals surface area contributed by atoms with Gasteiger partial charge in [-0.25, -0.2) is 14.8 Å². The summed E-state index contributed by atoms with van der Waals surface area (Å²) in [5, 5.41) is 4.34. The zero-order chi connectivity index (χ0) is 19.5. The minimum absolute atomic E-state index is 0.0546.